The summed E-state index contributed by atoms with van der Waals surface area (Å²) in [6.07, 6.45) is 32.9. The van der Waals surface area contributed by atoms with Crippen molar-refractivity contribution in [2.24, 2.45) is 57.2 Å². The van der Waals surface area contributed by atoms with Crippen LogP contribution in [0, 0.1) is 57.2 Å². The minimum absolute atomic E-state index is 0.0136. The van der Waals surface area contributed by atoms with Gasteiger partial charge in [-0.05, 0) is 152 Å². The first kappa shape index (κ1) is 51.9. The van der Waals surface area contributed by atoms with Crippen molar-refractivity contribution in [1.82, 2.24) is 0 Å². The molecule has 2 radical (unpaired) electrons. The molecule has 0 aromatic carbocycles. The third-order valence-corrected chi connectivity index (χ3v) is 21.9. The van der Waals surface area contributed by atoms with Crippen LogP contribution in [-0.4, -0.2) is 72.9 Å². The standard InChI is InChI=1S/C29H46B2O3S2.C29H46O3/c1-6-29(32,7-2)15-8-9-19(3)23-12-13-24-22-11-10-20-17-21(33-35-30)18-26(34-36-31)28(20,5)25(22)14-16-27(23,24)4;1-6-29(32,7-2)15-8-9-19(3)23-12-13-24-22-11-10-20-17-21(30)18-26(31)28(20,5)25(22)14-16-27(23,24)4/h10-12,19,21,24-26,30-32H,6-9,13-18H2,1-5H3;10-12,19,21,24-26,30-32H,6-9,13-18H2,1-5H3/t2*19-,21-,24?,25?,26+,27-,28+/m11/s1/i30T,31T;. The van der Waals surface area contributed by atoms with Crippen LogP contribution in [0.3, 0.4) is 0 Å². The van der Waals surface area contributed by atoms with Gasteiger partial charge in [0.05, 0.1) is 35.6 Å². The molecule has 0 bridgehead atoms. The summed E-state index contributed by atoms with van der Waals surface area (Å²) >= 11 is 2.23. The Balaban J connectivity index is 0.000000209. The van der Waals surface area contributed by atoms with E-state index in [9.17, 15) is 20.4 Å². The van der Waals surface area contributed by atoms with Crippen LogP contribution in [-0.2, 0) is 8.37 Å². The predicted molar refractivity (Wildman–Crippen MR) is 289 cm³/mol. The molecule has 4 unspecified atom stereocenters. The van der Waals surface area contributed by atoms with Crippen LogP contribution in [0.25, 0.3) is 0 Å². The highest BCUT2D eigenvalue weighted by molar-refractivity contribution is 8.16. The van der Waals surface area contributed by atoms with Crippen LogP contribution in [0.4, 0.5) is 0 Å². The Morgan fingerprint density at radius 1 is 0.676 bits per heavy atom. The van der Waals surface area contributed by atoms with Crippen LogP contribution < -0.4 is 0 Å². The first-order valence-electron chi connectivity index (χ1n) is 28.5. The van der Waals surface area contributed by atoms with Crippen LogP contribution in [0.15, 0.2) is 69.9 Å². The number of fused-ring (bicyclic) bond motifs is 10. The molecule has 0 amide bonds. The Morgan fingerprint density at radius 3 is 1.63 bits per heavy atom. The zero-order valence-electron chi connectivity index (χ0n) is 46.0. The van der Waals surface area contributed by atoms with Gasteiger partial charge in [0.1, 0.15) is 0 Å². The Hall–Kier alpha value is -0.970. The summed E-state index contributed by atoms with van der Waals surface area (Å²) in [6, 6.07) is 0. The number of allylic oxidation sites excluding steroid dienone is 10. The van der Waals surface area contributed by atoms with Gasteiger partial charge in [-0.25, -0.2) is 0 Å². The lowest BCUT2D eigenvalue weighted by atomic mass is 9.49. The van der Waals surface area contributed by atoms with E-state index < -0.39 is 23.4 Å². The Kier molecular flexibility index (Phi) is 16.7. The minimum atomic E-state index is -0.502. The van der Waals surface area contributed by atoms with Crippen molar-refractivity contribution >= 4 is 38.0 Å². The molecule has 0 heterocycles. The van der Waals surface area contributed by atoms with E-state index >= 15 is 0 Å². The normalized spacial score (nSPS) is 38.6. The zero-order valence-corrected chi connectivity index (χ0v) is 45.6. The number of aliphatic hydroxyl groups is 4. The second-order valence-electron chi connectivity index (χ2n) is 24.2. The average molecular weight is 975 g/mol. The summed E-state index contributed by atoms with van der Waals surface area (Å²) in [5.41, 5.74) is 8.17. The van der Waals surface area contributed by atoms with Crippen LogP contribution in [0.5, 0.6) is 0 Å². The third kappa shape index (κ3) is 10.0. The highest BCUT2D eigenvalue weighted by Crippen LogP contribution is 2.67. The van der Waals surface area contributed by atoms with E-state index in [0.29, 0.717) is 48.3 Å². The highest BCUT2D eigenvalue weighted by Gasteiger charge is 2.59. The molecule has 0 aromatic rings. The largest absolute Gasteiger partial charge is 0.393 e. The molecule has 10 heteroatoms. The molecule has 14 atom stereocenters. The van der Waals surface area contributed by atoms with Crippen molar-refractivity contribution in [2.45, 2.75) is 233 Å². The molecule has 8 aliphatic carbocycles. The smallest absolute Gasteiger partial charge is 0.209 e. The average Bonchev–Trinajstić information content (AvgIpc) is 3.90. The summed E-state index contributed by atoms with van der Waals surface area (Å²) in [6.45, 7) is 22.8. The van der Waals surface area contributed by atoms with Gasteiger partial charge in [0.25, 0.3) is 0 Å². The van der Waals surface area contributed by atoms with Gasteiger partial charge >= 0.3 is 0 Å². The lowest BCUT2D eigenvalue weighted by Crippen LogP contribution is -2.52. The lowest BCUT2D eigenvalue weighted by Gasteiger charge is -2.57. The molecule has 0 saturated heterocycles. The Bertz CT molecular complexity index is 2020. The van der Waals surface area contributed by atoms with E-state index in [2.05, 4.69) is 106 Å². The van der Waals surface area contributed by atoms with Crippen LogP contribution in [0.1, 0.15) is 198 Å². The molecule has 0 aromatic heterocycles. The van der Waals surface area contributed by atoms with Crippen molar-refractivity contribution in [3.8, 4) is 0 Å². The second kappa shape index (κ2) is 21.9. The number of hydrogen-bond donors (Lipinski definition) is 4. The predicted octanol–water partition coefficient (Wildman–Crippen LogP) is 13.2. The monoisotopic (exact) mass is 975 g/mol. The molecule has 378 valence electrons. The molecule has 0 aliphatic heterocycles. The maximum Gasteiger partial charge on any atom is 0.209 e. The topological polar surface area (TPSA) is 99.4 Å². The fraction of sp³-hybridized carbons (Fsp3) is 0.793. The fourth-order valence-corrected chi connectivity index (χ4v) is 16.9. The van der Waals surface area contributed by atoms with E-state index in [0.717, 1.165) is 127 Å². The van der Waals surface area contributed by atoms with Crippen molar-refractivity contribution in [3.05, 3.63) is 69.9 Å². The van der Waals surface area contributed by atoms with E-state index in [1.807, 2.05) is 0 Å². The zero-order chi connectivity index (χ0) is 50.9. The van der Waals surface area contributed by atoms with E-state index in [1.54, 1.807) is 22.3 Å². The van der Waals surface area contributed by atoms with Crippen LogP contribution >= 0.6 is 23.8 Å². The molecule has 6 nitrogen and oxygen atoms in total. The van der Waals surface area contributed by atoms with Gasteiger partial charge in [-0.1, -0.05) is 176 Å². The minimum Gasteiger partial charge on any atom is -0.393 e. The number of rotatable bonds is 20. The molecular weight excluding hydrogens is 878 g/mol. The van der Waals surface area contributed by atoms with Gasteiger partial charge in [0.15, 0.2) is 0 Å². The Labute approximate surface area is 427 Å². The summed E-state index contributed by atoms with van der Waals surface area (Å²) in [7, 11) is 2.52. The molecule has 68 heavy (non-hydrogen) atoms. The molecule has 4 saturated carbocycles. The maximum absolute atomic E-state index is 11.1. The quantitative estimate of drug-likeness (QED) is 0.0544. The van der Waals surface area contributed by atoms with Gasteiger partial charge < -0.3 is 28.8 Å². The Morgan fingerprint density at radius 2 is 1.15 bits per heavy atom. The maximum atomic E-state index is 11.1. The van der Waals surface area contributed by atoms with Crippen molar-refractivity contribution in [3.63, 3.8) is 0 Å². The molecule has 4 fully saturated rings. The lowest BCUT2D eigenvalue weighted by molar-refractivity contribution is -0.0492. The molecule has 8 rings (SSSR count). The third-order valence-electron chi connectivity index (χ3n) is 21.2. The van der Waals surface area contributed by atoms with Crippen LogP contribution in [0.2, 0.25) is 0 Å². The van der Waals surface area contributed by atoms with E-state index in [4.69, 9.17) is 11.0 Å². The molecule has 8 aliphatic rings. The van der Waals surface area contributed by atoms with Crippen molar-refractivity contribution < 1.29 is 28.8 Å². The van der Waals surface area contributed by atoms with Gasteiger partial charge in [0.2, 0.25) is 14.2 Å². The highest BCUT2D eigenvalue weighted by atomic mass is 32.2. The van der Waals surface area contributed by atoms with Crippen molar-refractivity contribution in [1.29, 1.82) is 2.67 Å². The number of aliphatic hydroxyl groups excluding tert-OH is 2. The second-order valence-corrected chi connectivity index (χ2v) is 25.0. The summed E-state index contributed by atoms with van der Waals surface area (Å²) in [4.78, 5) is 0. The molecule has 4 N–H and O–H groups in total. The molecule has 0 spiro atoms. The van der Waals surface area contributed by atoms with E-state index in [1.165, 1.54) is 38.2 Å². The van der Waals surface area contributed by atoms with E-state index in [-0.39, 0.29) is 33.9 Å². The first-order valence-corrected chi connectivity index (χ1v) is 28.9. The SMILES string of the molecule is CCC(O)(CC)CCC[C@@H](C)C1=CCC2C3=CC=C4C[C@@H](O)C[C@H](O)[C@]4(C)C3CC[C@]12C.[3H][B]SO[C@@H]1CC2=CC=C3C(CC[C@]4(C)C([C@H](C)CCCC(O)(CC)CC)=CCC34)[C@@]2(C)[C@@H](OS[B][3H])C1. The summed E-state index contributed by atoms with van der Waals surface area (Å²) in [5, 5.41) is 42.7. The molecular formula is C58H92B2O6S2. The fourth-order valence-electron chi connectivity index (χ4n) is 16.2. The van der Waals surface area contributed by atoms with Gasteiger partial charge in [-0.2, -0.15) is 0 Å². The van der Waals surface area contributed by atoms with Gasteiger partial charge in [-0.15, -0.1) is 0 Å². The summed E-state index contributed by atoms with van der Waals surface area (Å²) in [5.74, 6) is 3.02. The van der Waals surface area contributed by atoms with Crippen molar-refractivity contribution in [2.75, 3.05) is 0 Å². The first-order chi connectivity index (χ1) is 33.2. The summed E-state index contributed by atoms with van der Waals surface area (Å²) < 4.78 is 27.1. The van der Waals surface area contributed by atoms with Gasteiger partial charge in [-0.3, -0.25) is 0 Å². The number of hydrogen-bond acceptors (Lipinski definition) is 8. The van der Waals surface area contributed by atoms with Gasteiger partial charge in [0, 0.05) is 23.7 Å².